The standard InChI is InChI=1S/C24H24F3N3O4S2.C17H21N3OS/c1-16-4-2-3-5-20(16)22(31)21-15-29-23(35-21)28-14-17-10-12-30(13-11-17)36(32,33)19-8-6-18(7-9-19)34-24(25,26)27;1-12-4-2-3-5-14(12)16(21)15-11-20-17(22-15)19-10-13-6-8-18-9-7-13/h2-9,15,17H,10-14H2,1H3,(H,28,29);2-5,11,13,18H,6-10H2,1H3,(H,19,20). The van der Waals surface area contributed by atoms with Crippen LogP contribution in [0.2, 0.25) is 0 Å². The van der Waals surface area contributed by atoms with Crippen molar-refractivity contribution in [3.05, 3.63) is 117 Å². The van der Waals surface area contributed by atoms with E-state index in [1.54, 1.807) is 18.5 Å². The summed E-state index contributed by atoms with van der Waals surface area (Å²) in [5.41, 5.74) is 3.31. The number of thiazole rings is 2. The number of anilines is 2. The molecule has 0 amide bonds. The van der Waals surface area contributed by atoms with Gasteiger partial charge in [0.05, 0.1) is 27.0 Å². The number of benzene rings is 3. The highest BCUT2D eigenvalue weighted by molar-refractivity contribution is 7.89. The van der Waals surface area contributed by atoms with E-state index in [9.17, 15) is 31.2 Å². The average molecular weight is 855 g/mol. The van der Waals surface area contributed by atoms with Gasteiger partial charge in [0.1, 0.15) is 5.75 Å². The van der Waals surface area contributed by atoms with Gasteiger partial charge in [-0.05, 0) is 99.8 Å². The largest absolute Gasteiger partial charge is 0.573 e. The van der Waals surface area contributed by atoms with E-state index in [4.69, 9.17) is 0 Å². The molecule has 0 radical (unpaired) electrons. The lowest BCUT2D eigenvalue weighted by Crippen LogP contribution is -2.39. The molecule has 2 aliphatic heterocycles. The van der Waals surface area contributed by atoms with Crippen LogP contribution in [0.25, 0.3) is 0 Å². The summed E-state index contributed by atoms with van der Waals surface area (Å²) in [5, 5.41) is 11.5. The molecule has 0 saturated carbocycles. The molecule has 17 heteroatoms. The molecule has 3 N–H and O–H groups in total. The first-order chi connectivity index (χ1) is 27.8. The Morgan fingerprint density at radius 2 is 1.22 bits per heavy atom. The molecule has 2 aromatic heterocycles. The number of nitrogens with zero attached hydrogens (tertiary/aromatic N) is 3. The zero-order valence-electron chi connectivity index (χ0n) is 32.1. The van der Waals surface area contributed by atoms with Crippen molar-refractivity contribution in [2.24, 2.45) is 11.8 Å². The summed E-state index contributed by atoms with van der Waals surface area (Å²) in [6.07, 6.45) is 2.03. The van der Waals surface area contributed by atoms with Gasteiger partial charge in [-0.1, -0.05) is 71.2 Å². The molecule has 2 fully saturated rings. The van der Waals surface area contributed by atoms with E-state index in [0.29, 0.717) is 58.8 Å². The van der Waals surface area contributed by atoms with Crippen molar-refractivity contribution in [1.82, 2.24) is 19.6 Å². The Morgan fingerprint density at radius 1 is 0.759 bits per heavy atom. The number of halogens is 3. The Bertz CT molecular complexity index is 2270. The minimum Gasteiger partial charge on any atom is -0.406 e. The van der Waals surface area contributed by atoms with Crippen molar-refractivity contribution in [1.29, 1.82) is 0 Å². The first kappa shape index (κ1) is 42.9. The molecular formula is C41H45F3N6O5S3. The highest BCUT2D eigenvalue weighted by Crippen LogP contribution is 2.29. The third-order valence-corrected chi connectivity index (χ3v) is 13.9. The maximum absolute atomic E-state index is 12.9. The van der Waals surface area contributed by atoms with E-state index in [1.807, 2.05) is 56.3 Å². The van der Waals surface area contributed by atoms with E-state index in [2.05, 4.69) is 30.7 Å². The van der Waals surface area contributed by atoms with Crippen molar-refractivity contribution in [2.75, 3.05) is 49.9 Å². The van der Waals surface area contributed by atoms with Crippen LogP contribution in [0.5, 0.6) is 5.75 Å². The minimum atomic E-state index is -4.84. The van der Waals surface area contributed by atoms with Gasteiger partial charge in [-0.2, -0.15) is 4.31 Å². The van der Waals surface area contributed by atoms with Crippen LogP contribution in [0.3, 0.4) is 0 Å². The predicted molar refractivity (Wildman–Crippen MR) is 221 cm³/mol. The number of aryl methyl sites for hydroxylation is 2. The summed E-state index contributed by atoms with van der Waals surface area (Å²) in [6, 6.07) is 19.3. The van der Waals surface area contributed by atoms with Crippen LogP contribution in [-0.2, 0) is 10.0 Å². The number of nitrogens with one attached hydrogen (secondary N) is 3. The number of rotatable bonds is 13. The lowest BCUT2D eigenvalue weighted by atomic mass is 9.98. The number of ketones is 2. The van der Waals surface area contributed by atoms with Gasteiger partial charge < -0.3 is 20.7 Å². The smallest absolute Gasteiger partial charge is 0.406 e. The molecule has 11 nitrogen and oxygen atoms in total. The second kappa shape index (κ2) is 19.4. The Kier molecular flexibility index (Phi) is 14.3. The van der Waals surface area contributed by atoms with Gasteiger partial charge in [0.25, 0.3) is 0 Å². The maximum atomic E-state index is 12.9. The Hall–Kier alpha value is -4.68. The SMILES string of the molecule is Cc1ccccc1C(=O)c1cnc(NCC2CCN(S(=O)(=O)c3ccc(OC(F)(F)F)cc3)CC2)s1.Cc1ccccc1C(=O)c1cnc(NCC2CCNCC2)s1. The number of hydrogen-bond donors (Lipinski definition) is 3. The molecule has 3 aromatic carbocycles. The Morgan fingerprint density at radius 3 is 1.69 bits per heavy atom. The molecule has 5 aromatic rings. The summed E-state index contributed by atoms with van der Waals surface area (Å²) in [4.78, 5) is 35.1. The van der Waals surface area contributed by atoms with Gasteiger partial charge in [0, 0.05) is 37.3 Å². The minimum absolute atomic E-state index is 0.0607. The summed E-state index contributed by atoms with van der Waals surface area (Å²) in [5.74, 6) is 0.414. The zero-order chi connectivity index (χ0) is 41.3. The fourth-order valence-electron chi connectivity index (χ4n) is 6.71. The van der Waals surface area contributed by atoms with Crippen molar-refractivity contribution in [3.8, 4) is 5.75 Å². The van der Waals surface area contributed by atoms with Gasteiger partial charge in [-0.3, -0.25) is 9.59 Å². The number of aromatic nitrogens is 2. The molecule has 0 aliphatic carbocycles. The van der Waals surface area contributed by atoms with E-state index in [-0.39, 0.29) is 22.4 Å². The van der Waals surface area contributed by atoms with E-state index in [0.717, 1.165) is 65.7 Å². The molecule has 58 heavy (non-hydrogen) atoms. The highest BCUT2D eigenvalue weighted by atomic mass is 32.2. The predicted octanol–water partition coefficient (Wildman–Crippen LogP) is 8.19. The van der Waals surface area contributed by atoms with Crippen molar-refractivity contribution in [3.63, 3.8) is 0 Å². The van der Waals surface area contributed by atoms with E-state index < -0.39 is 22.1 Å². The molecule has 7 rings (SSSR count). The van der Waals surface area contributed by atoms with Crippen LogP contribution >= 0.6 is 22.7 Å². The number of hydrogen-bond acceptors (Lipinski definition) is 12. The number of ether oxygens (including phenoxy) is 1. The molecule has 0 atom stereocenters. The third kappa shape index (κ3) is 11.5. The molecule has 2 aliphatic rings. The topological polar surface area (TPSA) is 143 Å². The quantitative estimate of drug-likeness (QED) is 0.0993. The van der Waals surface area contributed by atoms with Crippen LogP contribution in [0, 0.1) is 25.7 Å². The van der Waals surface area contributed by atoms with Crippen LogP contribution in [0.4, 0.5) is 23.4 Å². The summed E-state index contributed by atoms with van der Waals surface area (Å²) in [6.45, 7) is 8.16. The second-order valence-corrected chi connectivity index (χ2v) is 18.2. The third-order valence-electron chi connectivity index (χ3n) is 10.0. The molecule has 4 heterocycles. The van der Waals surface area contributed by atoms with E-state index >= 15 is 0 Å². The lowest BCUT2D eigenvalue weighted by Gasteiger charge is -2.31. The highest BCUT2D eigenvalue weighted by Gasteiger charge is 2.32. The molecule has 2 saturated heterocycles. The van der Waals surface area contributed by atoms with Gasteiger partial charge in [-0.15, -0.1) is 13.2 Å². The second-order valence-electron chi connectivity index (χ2n) is 14.2. The van der Waals surface area contributed by atoms with Gasteiger partial charge in [-0.25, -0.2) is 18.4 Å². The fourth-order valence-corrected chi connectivity index (χ4v) is 9.73. The van der Waals surface area contributed by atoms with Crippen LogP contribution in [-0.4, -0.2) is 79.9 Å². The molecule has 0 spiro atoms. The molecule has 0 bridgehead atoms. The maximum Gasteiger partial charge on any atom is 0.573 e. The van der Waals surface area contributed by atoms with Crippen LogP contribution in [0.15, 0.2) is 90.1 Å². The number of alkyl halides is 3. The van der Waals surface area contributed by atoms with Gasteiger partial charge >= 0.3 is 6.36 Å². The molecule has 0 unspecified atom stereocenters. The zero-order valence-corrected chi connectivity index (χ0v) is 34.5. The number of piperidine rings is 2. The number of carbonyl (C=O) groups is 2. The average Bonchev–Trinajstić information content (AvgIpc) is 3.90. The van der Waals surface area contributed by atoms with E-state index in [1.165, 1.54) is 39.8 Å². The summed E-state index contributed by atoms with van der Waals surface area (Å²) < 4.78 is 67.9. The molecular weight excluding hydrogens is 810 g/mol. The first-order valence-corrected chi connectivity index (χ1v) is 22.0. The Balaban J connectivity index is 0.000000220. The molecule has 308 valence electrons. The van der Waals surface area contributed by atoms with Gasteiger partial charge in [0.2, 0.25) is 21.6 Å². The summed E-state index contributed by atoms with van der Waals surface area (Å²) in [7, 11) is -3.82. The number of sulfonamides is 1. The van der Waals surface area contributed by atoms with Gasteiger partial charge in [0.15, 0.2) is 10.3 Å². The van der Waals surface area contributed by atoms with Crippen LogP contribution < -0.4 is 20.7 Å². The number of carbonyl (C=O) groups excluding carboxylic acids is 2. The summed E-state index contributed by atoms with van der Waals surface area (Å²) >= 11 is 2.73. The fraction of sp³-hybridized carbons (Fsp3) is 0.366. The van der Waals surface area contributed by atoms with Crippen molar-refractivity contribution < 1.29 is 35.9 Å². The lowest BCUT2D eigenvalue weighted by molar-refractivity contribution is -0.274. The van der Waals surface area contributed by atoms with Crippen LogP contribution in [0.1, 0.15) is 67.3 Å². The van der Waals surface area contributed by atoms with Crippen molar-refractivity contribution >= 4 is 54.5 Å². The Labute approximate surface area is 344 Å². The monoisotopic (exact) mass is 854 g/mol. The first-order valence-electron chi connectivity index (χ1n) is 18.9. The normalized spacial score (nSPS) is 15.6. The van der Waals surface area contributed by atoms with Crippen molar-refractivity contribution in [2.45, 2.75) is 50.8 Å².